The largest absolute Gasteiger partial charge is 0.444 e. The average Bonchev–Trinajstić information content (AvgIpc) is 3.15. The Labute approximate surface area is 341 Å². The first-order chi connectivity index (χ1) is 27.6. The summed E-state index contributed by atoms with van der Waals surface area (Å²) in [5.74, 6) is 0. The van der Waals surface area contributed by atoms with Crippen LogP contribution in [0.15, 0.2) is 107 Å². The van der Waals surface area contributed by atoms with Crippen molar-refractivity contribution in [3.63, 3.8) is 0 Å². The van der Waals surface area contributed by atoms with E-state index in [1.165, 1.54) is 21.6 Å². The van der Waals surface area contributed by atoms with Gasteiger partial charge in [-0.2, -0.15) is 0 Å². The number of carbonyl (C=O) groups is 2. The first kappa shape index (κ1) is 43.5. The molecular formula is C44H58N6O8. The van der Waals surface area contributed by atoms with E-state index in [9.17, 15) is 19.2 Å². The Morgan fingerprint density at radius 2 is 0.828 bits per heavy atom. The zero-order valence-electron chi connectivity index (χ0n) is 34.7. The van der Waals surface area contributed by atoms with Gasteiger partial charge < -0.3 is 28.9 Å². The van der Waals surface area contributed by atoms with Crippen LogP contribution in [-0.2, 0) is 35.8 Å². The lowest BCUT2D eigenvalue weighted by Crippen LogP contribution is -2.50. The van der Waals surface area contributed by atoms with E-state index in [0.29, 0.717) is 76.8 Å². The molecule has 0 saturated carbocycles. The van der Waals surface area contributed by atoms with E-state index in [1.807, 2.05) is 114 Å². The Kier molecular flexibility index (Phi) is 15.2. The number of ether oxygens (including phenoxy) is 2. The second-order valence-electron chi connectivity index (χ2n) is 16.3. The molecule has 0 spiro atoms. The second kappa shape index (κ2) is 20.2. The van der Waals surface area contributed by atoms with Crippen molar-refractivity contribution in [2.24, 2.45) is 0 Å². The molecule has 3 heterocycles. The molecule has 2 aromatic carbocycles. The molecule has 2 amide bonds. The summed E-state index contributed by atoms with van der Waals surface area (Å²) < 4.78 is 14.4. The zero-order chi connectivity index (χ0) is 41.7. The Morgan fingerprint density at radius 1 is 0.483 bits per heavy atom. The van der Waals surface area contributed by atoms with E-state index in [0.717, 1.165) is 11.1 Å². The highest BCUT2D eigenvalue weighted by molar-refractivity contribution is 5.68. The van der Waals surface area contributed by atoms with E-state index < -0.39 is 23.4 Å². The van der Waals surface area contributed by atoms with Gasteiger partial charge in [0.1, 0.15) is 24.4 Å². The van der Waals surface area contributed by atoms with Crippen molar-refractivity contribution in [2.45, 2.75) is 79.0 Å². The molecule has 0 atom stereocenters. The molecule has 4 aromatic rings. The minimum atomic E-state index is -0.722. The maximum Gasteiger partial charge on any atom is 0.410 e. The van der Waals surface area contributed by atoms with E-state index >= 15 is 0 Å². The van der Waals surface area contributed by atoms with E-state index in [2.05, 4.69) is 9.80 Å². The Hall–Kier alpha value is -5.60. The second-order valence-corrected chi connectivity index (χ2v) is 16.3. The van der Waals surface area contributed by atoms with Crippen molar-refractivity contribution in [2.75, 3.05) is 52.4 Å². The Morgan fingerprint density at radius 3 is 1.16 bits per heavy atom. The van der Waals surface area contributed by atoms with Crippen molar-refractivity contribution in [3.05, 3.63) is 140 Å². The molecule has 0 bridgehead atoms. The fourth-order valence-corrected chi connectivity index (χ4v) is 6.28. The summed E-state index contributed by atoms with van der Waals surface area (Å²) in [4.78, 5) is 73.4. The summed E-state index contributed by atoms with van der Waals surface area (Å²) in [5, 5.41) is 0. The van der Waals surface area contributed by atoms with Gasteiger partial charge in [0.05, 0.1) is 11.4 Å². The van der Waals surface area contributed by atoms with Crippen LogP contribution in [0.4, 0.5) is 9.59 Å². The van der Waals surface area contributed by atoms with Crippen LogP contribution < -0.4 is 20.8 Å². The summed E-state index contributed by atoms with van der Waals surface area (Å²) >= 11 is 0. The number of nitrogens with zero attached hydrogens (tertiary/aromatic N) is 6. The van der Waals surface area contributed by atoms with Gasteiger partial charge in [0, 0.05) is 77.6 Å². The first-order valence-corrected chi connectivity index (χ1v) is 19.8. The third-order valence-electron chi connectivity index (χ3n) is 9.20. The van der Waals surface area contributed by atoms with Crippen LogP contribution in [0.1, 0.15) is 64.1 Å². The standard InChI is InChI=1S/C44H58N6O8/c1-43(2,3)57-41(53)47-27-23-45(31-37-19-13-21-39(51)49(37)55-33-35-15-9-7-10-16-35)25-29-48(42(54)58-44(4,5)6)30-26-46(24-28-47)32-38-20-14-22-40(52)50(38)56-34-36-17-11-8-12-18-36/h7-22H,23-34H2,1-6H3. The topological polar surface area (TPSA) is 128 Å². The molecule has 0 aliphatic carbocycles. The molecule has 1 aliphatic rings. The lowest BCUT2D eigenvalue weighted by molar-refractivity contribution is 0.0134. The number of pyridine rings is 2. The highest BCUT2D eigenvalue weighted by Crippen LogP contribution is 2.15. The number of hydrogen-bond acceptors (Lipinski definition) is 10. The normalized spacial score (nSPS) is 15.2. The lowest BCUT2D eigenvalue weighted by atomic mass is 10.2. The van der Waals surface area contributed by atoms with Crippen molar-refractivity contribution >= 4 is 12.2 Å². The predicted octanol–water partition coefficient (Wildman–Crippen LogP) is 5.06. The molecule has 0 radical (unpaired) electrons. The Bertz CT molecular complexity index is 1880. The molecule has 5 rings (SSSR count). The van der Waals surface area contributed by atoms with Crippen LogP contribution in [0.5, 0.6) is 0 Å². The first-order valence-electron chi connectivity index (χ1n) is 19.8. The molecular weight excluding hydrogens is 741 g/mol. The minimum absolute atomic E-state index is 0.200. The minimum Gasteiger partial charge on any atom is -0.444 e. The third kappa shape index (κ3) is 13.8. The van der Waals surface area contributed by atoms with Crippen LogP contribution in [-0.4, -0.2) is 105 Å². The summed E-state index contributed by atoms with van der Waals surface area (Å²) in [6.45, 7) is 14.8. The van der Waals surface area contributed by atoms with Crippen molar-refractivity contribution in [1.29, 1.82) is 0 Å². The van der Waals surface area contributed by atoms with Gasteiger partial charge in [-0.3, -0.25) is 19.4 Å². The van der Waals surface area contributed by atoms with Gasteiger partial charge in [0.15, 0.2) is 0 Å². The number of amides is 2. The molecule has 1 fully saturated rings. The summed E-state index contributed by atoms with van der Waals surface area (Å²) in [6, 6.07) is 29.2. The van der Waals surface area contributed by atoms with Crippen LogP contribution in [0.25, 0.3) is 0 Å². The van der Waals surface area contributed by atoms with Gasteiger partial charge in [-0.25, -0.2) is 9.59 Å². The molecule has 1 saturated heterocycles. The van der Waals surface area contributed by atoms with E-state index in [4.69, 9.17) is 19.1 Å². The smallest absolute Gasteiger partial charge is 0.410 e. The predicted molar refractivity (Wildman–Crippen MR) is 221 cm³/mol. The molecule has 0 unspecified atom stereocenters. The van der Waals surface area contributed by atoms with Crippen molar-refractivity contribution in [1.82, 2.24) is 29.1 Å². The maximum absolute atomic E-state index is 13.7. The number of benzene rings is 2. The highest BCUT2D eigenvalue weighted by atomic mass is 16.7. The molecule has 1 aliphatic heterocycles. The average molecular weight is 799 g/mol. The summed E-state index contributed by atoms with van der Waals surface area (Å²) in [5.41, 5.74) is 1.03. The van der Waals surface area contributed by atoms with Crippen LogP contribution >= 0.6 is 0 Å². The van der Waals surface area contributed by atoms with Gasteiger partial charge in [0.2, 0.25) is 0 Å². The molecule has 0 N–H and O–H groups in total. The maximum atomic E-state index is 13.7. The van der Waals surface area contributed by atoms with Crippen LogP contribution in [0.2, 0.25) is 0 Å². The SMILES string of the molecule is CC(C)(C)OC(=O)N1CCN(Cc2cccc(=O)n2OCc2ccccc2)CCN(C(=O)OC(C)(C)C)CCN(Cc2cccc(=O)n2OCc2ccccc2)CC1. The highest BCUT2D eigenvalue weighted by Gasteiger charge is 2.28. The van der Waals surface area contributed by atoms with E-state index in [1.54, 1.807) is 21.9 Å². The van der Waals surface area contributed by atoms with Crippen LogP contribution in [0, 0.1) is 0 Å². The molecule has 58 heavy (non-hydrogen) atoms. The molecule has 312 valence electrons. The monoisotopic (exact) mass is 798 g/mol. The molecule has 14 nitrogen and oxygen atoms in total. The number of rotatable bonds is 10. The quantitative estimate of drug-likeness (QED) is 0.215. The molecule has 2 aromatic heterocycles. The zero-order valence-corrected chi connectivity index (χ0v) is 34.7. The number of aromatic nitrogens is 2. The number of carbonyl (C=O) groups excluding carboxylic acids is 2. The summed E-state index contributed by atoms with van der Waals surface area (Å²) in [6.07, 6.45) is -0.907. The van der Waals surface area contributed by atoms with E-state index in [-0.39, 0.29) is 24.3 Å². The number of hydrogen-bond donors (Lipinski definition) is 0. The van der Waals surface area contributed by atoms with Gasteiger partial charge in [0.25, 0.3) is 11.1 Å². The van der Waals surface area contributed by atoms with Crippen LogP contribution in [0.3, 0.4) is 0 Å². The summed E-state index contributed by atoms with van der Waals surface area (Å²) in [7, 11) is 0. The van der Waals surface area contributed by atoms with Crippen molar-refractivity contribution < 1.29 is 28.7 Å². The fraction of sp³-hybridized carbons (Fsp3) is 0.455. The van der Waals surface area contributed by atoms with Gasteiger partial charge in [-0.15, -0.1) is 9.46 Å². The lowest BCUT2D eigenvalue weighted by Gasteiger charge is -2.35. The molecule has 14 heteroatoms. The third-order valence-corrected chi connectivity index (χ3v) is 9.20. The van der Waals surface area contributed by atoms with Gasteiger partial charge in [-0.05, 0) is 64.8 Å². The van der Waals surface area contributed by atoms with Gasteiger partial charge in [-0.1, -0.05) is 72.8 Å². The fourth-order valence-electron chi connectivity index (χ4n) is 6.28. The Balaban J connectivity index is 1.42. The van der Waals surface area contributed by atoms with Crippen molar-refractivity contribution in [3.8, 4) is 0 Å². The van der Waals surface area contributed by atoms with Gasteiger partial charge >= 0.3 is 12.2 Å².